The predicted octanol–water partition coefficient (Wildman–Crippen LogP) is 5.39. The van der Waals surface area contributed by atoms with Gasteiger partial charge in [-0.25, -0.2) is 9.97 Å². The van der Waals surface area contributed by atoms with Crippen LogP contribution in [0.4, 0.5) is 0 Å². The summed E-state index contributed by atoms with van der Waals surface area (Å²) in [7, 11) is 0. The molecule has 0 saturated carbocycles. The summed E-state index contributed by atoms with van der Waals surface area (Å²) < 4.78 is 0. The Morgan fingerprint density at radius 2 is 1.66 bits per heavy atom. The molecule has 0 fully saturated rings. The van der Waals surface area contributed by atoms with Crippen molar-refractivity contribution in [3.05, 3.63) is 70.9 Å². The molecule has 4 rings (SSSR count). The highest BCUT2D eigenvalue weighted by Crippen LogP contribution is 2.32. The molecule has 0 bridgehead atoms. The quantitative estimate of drug-likeness (QED) is 0.573. The van der Waals surface area contributed by atoms with Crippen LogP contribution in [0, 0.1) is 5.41 Å². The molecule has 0 unspecified atom stereocenters. The molecule has 0 radical (unpaired) electrons. The fraction of sp³-hybridized carbons (Fsp3) is 0.292. The largest absolute Gasteiger partial charge is 0.337 e. The topological polar surface area (TPSA) is 46.1 Å². The van der Waals surface area contributed by atoms with Gasteiger partial charge < -0.3 is 4.90 Å². The van der Waals surface area contributed by atoms with E-state index < -0.39 is 5.41 Å². The van der Waals surface area contributed by atoms with Gasteiger partial charge in [0.1, 0.15) is 0 Å². The average molecular weight is 406 g/mol. The average Bonchev–Trinajstić information content (AvgIpc) is 2.72. The lowest BCUT2D eigenvalue weighted by Gasteiger charge is -2.34. The zero-order valence-electron chi connectivity index (χ0n) is 16.9. The van der Waals surface area contributed by atoms with Crippen LogP contribution in [0.3, 0.4) is 0 Å². The second kappa shape index (κ2) is 7.60. The number of hydrogen-bond acceptors (Lipinski definition) is 3. The number of fused-ring (bicyclic) bond motifs is 1. The van der Waals surface area contributed by atoms with Gasteiger partial charge in [-0.2, -0.15) is 0 Å². The van der Waals surface area contributed by atoms with Crippen molar-refractivity contribution in [3.63, 3.8) is 0 Å². The molecular weight excluding hydrogens is 382 g/mol. The Hall–Kier alpha value is -2.72. The van der Waals surface area contributed by atoms with E-state index in [0.717, 1.165) is 34.5 Å². The number of carbonyl (C=O) groups is 1. The molecule has 0 atom stereocenters. The Morgan fingerprint density at radius 3 is 2.31 bits per heavy atom. The van der Waals surface area contributed by atoms with Crippen LogP contribution in [0.5, 0.6) is 0 Å². The Balaban J connectivity index is 1.83. The molecule has 2 aromatic carbocycles. The fourth-order valence-electron chi connectivity index (χ4n) is 3.62. The van der Waals surface area contributed by atoms with E-state index in [2.05, 4.69) is 0 Å². The first kappa shape index (κ1) is 19.6. The summed E-state index contributed by atoms with van der Waals surface area (Å²) >= 11 is 6.10. The molecule has 5 heteroatoms. The first-order chi connectivity index (χ1) is 13.8. The predicted molar refractivity (Wildman–Crippen MR) is 116 cm³/mol. The first-order valence-electron chi connectivity index (χ1n) is 9.83. The monoisotopic (exact) mass is 405 g/mol. The van der Waals surface area contributed by atoms with Gasteiger partial charge in [-0.05, 0) is 12.1 Å². The minimum Gasteiger partial charge on any atom is -0.337 e. The lowest BCUT2D eigenvalue weighted by atomic mass is 9.92. The van der Waals surface area contributed by atoms with Crippen LogP contribution in [0.2, 0.25) is 5.02 Å². The Kier molecular flexibility index (Phi) is 5.13. The molecule has 1 aliphatic rings. The number of amides is 1. The SMILES string of the molecule is CC(C)(C)C(=O)N1CCc2nc(-c3ccccc3)nc(-c3ccc(Cl)cc3)c2C1. The number of nitrogens with zero attached hydrogens (tertiary/aromatic N) is 3. The van der Waals surface area contributed by atoms with E-state index in [0.29, 0.717) is 23.9 Å². The van der Waals surface area contributed by atoms with Gasteiger partial charge >= 0.3 is 0 Å². The maximum Gasteiger partial charge on any atom is 0.228 e. The van der Waals surface area contributed by atoms with Gasteiger partial charge in [0.25, 0.3) is 0 Å². The number of halogens is 1. The molecule has 0 spiro atoms. The van der Waals surface area contributed by atoms with Crippen LogP contribution in [-0.2, 0) is 17.8 Å². The summed E-state index contributed by atoms with van der Waals surface area (Å²) in [5, 5.41) is 0.685. The van der Waals surface area contributed by atoms with Gasteiger partial charge in [0.2, 0.25) is 5.91 Å². The van der Waals surface area contributed by atoms with Crippen LogP contribution in [0.1, 0.15) is 32.0 Å². The van der Waals surface area contributed by atoms with E-state index in [9.17, 15) is 4.79 Å². The minimum absolute atomic E-state index is 0.150. The van der Waals surface area contributed by atoms with E-state index in [1.54, 1.807) is 0 Å². The fourth-order valence-corrected chi connectivity index (χ4v) is 3.75. The van der Waals surface area contributed by atoms with Crippen molar-refractivity contribution >= 4 is 17.5 Å². The first-order valence-corrected chi connectivity index (χ1v) is 10.2. The summed E-state index contributed by atoms with van der Waals surface area (Å²) in [5.74, 6) is 0.863. The van der Waals surface area contributed by atoms with Crippen molar-refractivity contribution in [2.45, 2.75) is 33.7 Å². The third-order valence-corrected chi connectivity index (χ3v) is 5.39. The molecule has 1 amide bonds. The molecule has 0 aliphatic carbocycles. The smallest absolute Gasteiger partial charge is 0.228 e. The molecule has 4 nitrogen and oxygen atoms in total. The number of benzene rings is 2. The summed E-state index contributed by atoms with van der Waals surface area (Å²) in [6.45, 7) is 7.08. The third kappa shape index (κ3) is 4.03. The number of aromatic nitrogens is 2. The van der Waals surface area contributed by atoms with E-state index in [4.69, 9.17) is 21.6 Å². The van der Waals surface area contributed by atoms with Crippen molar-refractivity contribution in [1.29, 1.82) is 0 Å². The highest BCUT2D eigenvalue weighted by molar-refractivity contribution is 6.30. The van der Waals surface area contributed by atoms with Crippen LogP contribution in [0.25, 0.3) is 22.6 Å². The van der Waals surface area contributed by atoms with Gasteiger partial charge in [-0.1, -0.05) is 74.8 Å². The minimum atomic E-state index is -0.414. The van der Waals surface area contributed by atoms with Gasteiger partial charge in [0.05, 0.1) is 11.4 Å². The molecular formula is C24H24ClN3O. The summed E-state index contributed by atoms with van der Waals surface area (Å²) in [4.78, 5) is 24.6. The van der Waals surface area contributed by atoms with Crippen LogP contribution >= 0.6 is 11.6 Å². The van der Waals surface area contributed by atoms with Gasteiger partial charge in [-0.3, -0.25) is 4.79 Å². The van der Waals surface area contributed by atoms with Crippen molar-refractivity contribution in [3.8, 4) is 22.6 Å². The van der Waals surface area contributed by atoms with E-state index in [1.807, 2.05) is 80.3 Å². The maximum absolute atomic E-state index is 12.9. The molecule has 1 aromatic heterocycles. The van der Waals surface area contributed by atoms with Crippen molar-refractivity contribution < 1.29 is 4.79 Å². The number of carbonyl (C=O) groups excluding carboxylic acids is 1. The zero-order valence-corrected chi connectivity index (χ0v) is 17.7. The second-order valence-corrected chi connectivity index (χ2v) is 8.86. The van der Waals surface area contributed by atoms with E-state index >= 15 is 0 Å². The van der Waals surface area contributed by atoms with E-state index in [1.165, 1.54) is 0 Å². The van der Waals surface area contributed by atoms with Crippen molar-refractivity contribution in [2.24, 2.45) is 5.41 Å². The van der Waals surface area contributed by atoms with Crippen LogP contribution in [0.15, 0.2) is 54.6 Å². The third-order valence-electron chi connectivity index (χ3n) is 5.14. The second-order valence-electron chi connectivity index (χ2n) is 8.42. The molecule has 1 aliphatic heterocycles. The highest BCUT2D eigenvalue weighted by atomic mass is 35.5. The summed E-state index contributed by atoms with van der Waals surface area (Å²) in [6, 6.07) is 17.7. The van der Waals surface area contributed by atoms with E-state index in [-0.39, 0.29) is 5.91 Å². The number of rotatable bonds is 2. The van der Waals surface area contributed by atoms with Crippen LogP contribution < -0.4 is 0 Å². The Labute approximate surface area is 176 Å². The summed E-state index contributed by atoms with van der Waals surface area (Å²) in [5.41, 5.74) is 4.46. The van der Waals surface area contributed by atoms with Crippen LogP contribution in [-0.4, -0.2) is 27.3 Å². The van der Waals surface area contributed by atoms with Gasteiger partial charge in [0, 0.05) is 46.6 Å². The van der Waals surface area contributed by atoms with Crippen molar-refractivity contribution in [1.82, 2.24) is 14.9 Å². The highest BCUT2D eigenvalue weighted by Gasteiger charge is 2.32. The number of hydrogen-bond donors (Lipinski definition) is 0. The van der Waals surface area contributed by atoms with Gasteiger partial charge in [0.15, 0.2) is 5.82 Å². The zero-order chi connectivity index (χ0) is 20.6. The lowest BCUT2D eigenvalue weighted by molar-refractivity contribution is -0.140. The van der Waals surface area contributed by atoms with Gasteiger partial charge in [-0.15, -0.1) is 0 Å². The summed E-state index contributed by atoms with van der Waals surface area (Å²) in [6.07, 6.45) is 0.722. The molecule has 0 N–H and O–H groups in total. The Bertz CT molecular complexity index is 1040. The molecule has 0 saturated heterocycles. The molecule has 148 valence electrons. The molecule has 29 heavy (non-hydrogen) atoms. The molecule has 2 heterocycles. The molecule has 3 aromatic rings. The Morgan fingerprint density at radius 1 is 0.966 bits per heavy atom. The normalized spacial score (nSPS) is 13.9. The van der Waals surface area contributed by atoms with Crippen molar-refractivity contribution in [2.75, 3.05) is 6.54 Å². The maximum atomic E-state index is 12.9. The standard InChI is InChI=1S/C24H24ClN3O/c1-24(2,3)23(29)28-14-13-20-19(15-28)21(16-9-11-18(25)12-10-16)27-22(26-20)17-7-5-4-6-8-17/h4-12H,13-15H2,1-3H3. The lowest BCUT2D eigenvalue weighted by Crippen LogP contribution is -2.42.